The summed E-state index contributed by atoms with van der Waals surface area (Å²) in [5.41, 5.74) is 4.92. The zero-order chi connectivity index (χ0) is 32.1. The van der Waals surface area contributed by atoms with Gasteiger partial charge in [0.2, 0.25) is 15.7 Å². The SMILES string of the molecule is CCc1[nH]n2c(-c3ccc(OC)c(NS(C)(=O)=O)c3)nnc2c1Oc1ccc(C(=O)NCCCOc2ccc(C)cc2C)cc1. The Morgan fingerprint density at radius 2 is 1.76 bits per heavy atom. The lowest BCUT2D eigenvalue weighted by Crippen LogP contribution is -2.25. The number of methoxy groups -OCH3 is 1. The Labute approximate surface area is 261 Å². The van der Waals surface area contributed by atoms with Gasteiger partial charge in [-0.1, -0.05) is 24.6 Å². The first-order valence-corrected chi connectivity index (χ1v) is 16.3. The Kier molecular flexibility index (Phi) is 9.28. The third-order valence-corrected chi connectivity index (χ3v) is 7.62. The zero-order valence-corrected chi connectivity index (χ0v) is 26.6. The van der Waals surface area contributed by atoms with Crippen LogP contribution in [-0.2, 0) is 16.4 Å². The number of benzene rings is 3. The summed E-state index contributed by atoms with van der Waals surface area (Å²) in [7, 11) is -2.08. The second-order valence-electron chi connectivity index (χ2n) is 10.6. The number of anilines is 1. The number of amides is 1. The van der Waals surface area contributed by atoms with Crippen molar-refractivity contribution in [3.05, 3.63) is 83.0 Å². The van der Waals surface area contributed by atoms with Crippen LogP contribution in [0.5, 0.6) is 23.0 Å². The Morgan fingerprint density at radius 3 is 2.44 bits per heavy atom. The molecule has 0 spiro atoms. The van der Waals surface area contributed by atoms with Crippen LogP contribution in [0.25, 0.3) is 17.0 Å². The third-order valence-electron chi connectivity index (χ3n) is 7.02. The van der Waals surface area contributed by atoms with E-state index < -0.39 is 10.0 Å². The molecule has 5 rings (SSSR count). The van der Waals surface area contributed by atoms with E-state index >= 15 is 0 Å². The average molecular weight is 633 g/mol. The lowest BCUT2D eigenvalue weighted by molar-refractivity contribution is 0.0951. The smallest absolute Gasteiger partial charge is 0.251 e. The molecule has 0 bridgehead atoms. The minimum absolute atomic E-state index is 0.183. The van der Waals surface area contributed by atoms with Gasteiger partial charge in [0, 0.05) is 17.7 Å². The highest BCUT2D eigenvalue weighted by molar-refractivity contribution is 7.92. The highest BCUT2D eigenvalue weighted by Gasteiger charge is 2.21. The van der Waals surface area contributed by atoms with Gasteiger partial charge in [-0.2, -0.15) is 0 Å². The second kappa shape index (κ2) is 13.3. The predicted molar refractivity (Wildman–Crippen MR) is 172 cm³/mol. The lowest BCUT2D eigenvalue weighted by Gasteiger charge is -2.11. The molecule has 0 aliphatic carbocycles. The van der Waals surface area contributed by atoms with E-state index in [2.05, 4.69) is 31.4 Å². The Hall–Kier alpha value is -5.04. The van der Waals surface area contributed by atoms with Crippen molar-refractivity contribution in [2.24, 2.45) is 0 Å². The molecule has 0 saturated carbocycles. The van der Waals surface area contributed by atoms with Crippen LogP contribution in [0, 0.1) is 13.8 Å². The van der Waals surface area contributed by atoms with E-state index in [9.17, 15) is 13.2 Å². The van der Waals surface area contributed by atoms with Gasteiger partial charge in [0.1, 0.15) is 17.2 Å². The number of aromatic amines is 1. The van der Waals surface area contributed by atoms with Crippen molar-refractivity contribution in [3.8, 4) is 34.4 Å². The predicted octanol–water partition coefficient (Wildman–Crippen LogP) is 5.27. The van der Waals surface area contributed by atoms with Crippen LogP contribution in [0.1, 0.15) is 40.5 Å². The van der Waals surface area contributed by atoms with E-state index in [1.165, 1.54) is 12.7 Å². The first-order chi connectivity index (χ1) is 21.6. The highest BCUT2D eigenvalue weighted by Crippen LogP contribution is 2.34. The topological polar surface area (TPSA) is 149 Å². The number of aromatic nitrogens is 4. The van der Waals surface area contributed by atoms with E-state index in [0.29, 0.717) is 65.8 Å². The molecule has 5 aromatic rings. The average Bonchev–Trinajstić information content (AvgIpc) is 3.57. The van der Waals surface area contributed by atoms with Crippen molar-refractivity contribution >= 4 is 27.3 Å². The molecule has 2 heterocycles. The molecule has 1 amide bonds. The Balaban J connectivity index is 1.24. The number of hydrogen-bond acceptors (Lipinski definition) is 8. The molecule has 13 heteroatoms. The molecule has 12 nitrogen and oxygen atoms in total. The van der Waals surface area contributed by atoms with Crippen LogP contribution >= 0.6 is 0 Å². The maximum absolute atomic E-state index is 12.7. The van der Waals surface area contributed by atoms with Crippen LogP contribution in [0.4, 0.5) is 5.69 Å². The number of nitrogens with one attached hydrogen (secondary N) is 3. The monoisotopic (exact) mass is 632 g/mol. The van der Waals surface area contributed by atoms with Gasteiger partial charge in [-0.15, -0.1) is 10.2 Å². The fourth-order valence-electron chi connectivity index (χ4n) is 4.83. The highest BCUT2D eigenvalue weighted by atomic mass is 32.2. The van der Waals surface area contributed by atoms with Crippen molar-refractivity contribution < 1.29 is 27.4 Å². The molecule has 3 aromatic carbocycles. The minimum atomic E-state index is -3.54. The molecule has 0 aliphatic heterocycles. The summed E-state index contributed by atoms with van der Waals surface area (Å²) in [4.78, 5) is 12.7. The number of hydrogen-bond donors (Lipinski definition) is 3. The molecule has 45 heavy (non-hydrogen) atoms. The third kappa shape index (κ3) is 7.37. The standard InChI is InChI=1S/C32H36N6O6S/c1-6-25-29(31-35-34-30(38(31)36-25)23-11-15-28(42-4)26(19-23)37-45(5,40)41)44-24-12-9-22(10-13-24)32(39)33-16-7-17-43-27-14-8-20(2)18-21(27)3/h8-15,18-19,36-37H,6-7,16-17H2,1-5H3,(H,33,39). The number of carbonyl (C=O) groups excluding carboxylic acids is 1. The molecule has 0 unspecified atom stereocenters. The normalized spacial score (nSPS) is 11.4. The van der Waals surface area contributed by atoms with Crippen LogP contribution in [0.15, 0.2) is 60.7 Å². The quantitative estimate of drug-likeness (QED) is 0.149. The van der Waals surface area contributed by atoms with Crippen molar-refractivity contribution in [2.45, 2.75) is 33.6 Å². The van der Waals surface area contributed by atoms with Crippen molar-refractivity contribution in [1.29, 1.82) is 0 Å². The summed E-state index contributed by atoms with van der Waals surface area (Å²) in [5, 5.41) is 14.9. The van der Waals surface area contributed by atoms with E-state index in [-0.39, 0.29) is 11.6 Å². The van der Waals surface area contributed by atoms with E-state index in [1.807, 2.05) is 32.9 Å². The first kappa shape index (κ1) is 31.4. The summed E-state index contributed by atoms with van der Waals surface area (Å²) < 4.78 is 45.3. The van der Waals surface area contributed by atoms with Gasteiger partial charge in [0.25, 0.3) is 5.91 Å². The maximum Gasteiger partial charge on any atom is 0.251 e. The Morgan fingerprint density at radius 1 is 1.00 bits per heavy atom. The minimum Gasteiger partial charge on any atom is -0.495 e. The van der Waals surface area contributed by atoms with E-state index in [4.69, 9.17) is 14.2 Å². The van der Waals surface area contributed by atoms with Gasteiger partial charge in [-0.05, 0) is 80.8 Å². The molecule has 0 aliphatic rings. The molecule has 0 radical (unpaired) electrons. The van der Waals surface area contributed by atoms with E-state index in [0.717, 1.165) is 23.3 Å². The molecular formula is C32H36N6O6S. The van der Waals surface area contributed by atoms with Gasteiger partial charge in [0.15, 0.2) is 11.6 Å². The van der Waals surface area contributed by atoms with E-state index in [1.54, 1.807) is 47.0 Å². The van der Waals surface area contributed by atoms with Gasteiger partial charge < -0.3 is 19.5 Å². The summed E-state index contributed by atoms with van der Waals surface area (Å²) in [6.45, 7) is 7.03. The number of nitrogens with zero attached hydrogens (tertiary/aromatic N) is 3. The number of aryl methyl sites for hydroxylation is 3. The number of carbonyl (C=O) groups is 1. The van der Waals surface area contributed by atoms with Crippen LogP contribution in [0.3, 0.4) is 0 Å². The molecule has 0 fully saturated rings. The fourth-order valence-corrected chi connectivity index (χ4v) is 5.39. The molecule has 3 N–H and O–H groups in total. The van der Waals surface area contributed by atoms with Crippen LogP contribution in [0.2, 0.25) is 0 Å². The van der Waals surface area contributed by atoms with Crippen molar-refractivity contribution in [3.63, 3.8) is 0 Å². The molecule has 236 valence electrons. The summed E-state index contributed by atoms with van der Waals surface area (Å²) in [5.74, 6) is 2.53. The number of fused-ring (bicyclic) bond motifs is 1. The van der Waals surface area contributed by atoms with Gasteiger partial charge >= 0.3 is 0 Å². The zero-order valence-electron chi connectivity index (χ0n) is 25.8. The van der Waals surface area contributed by atoms with Crippen LogP contribution < -0.4 is 24.2 Å². The molecule has 0 atom stereocenters. The fraction of sp³-hybridized carbons (Fsp3) is 0.281. The number of H-pyrrole nitrogens is 1. The van der Waals surface area contributed by atoms with Gasteiger partial charge in [-0.3, -0.25) is 14.6 Å². The lowest BCUT2D eigenvalue weighted by atomic mass is 10.1. The van der Waals surface area contributed by atoms with Gasteiger partial charge in [0.05, 0.1) is 31.4 Å². The Bertz CT molecular complexity index is 1930. The summed E-state index contributed by atoms with van der Waals surface area (Å²) >= 11 is 0. The number of rotatable bonds is 13. The maximum atomic E-state index is 12.7. The van der Waals surface area contributed by atoms with Gasteiger partial charge in [-0.25, -0.2) is 12.9 Å². The van der Waals surface area contributed by atoms with Crippen molar-refractivity contribution in [2.75, 3.05) is 31.2 Å². The van der Waals surface area contributed by atoms with Crippen molar-refractivity contribution in [1.82, 2.24) is 25.1 Å². The summed E-state index contributed by atoms with van der Waals surface area (Å²) in [6.07, 6.45) is 2.37. The second-order valence-corrected chi connectivity index (χ2v) is 12.3. The first-order valence-electron chi connectivity index (χ1n) is 14.4. The largest absolute Gasteiger partial charge is 0.495 e. The summed E-state index contributed by atoms with van der Waals surface area (Å²) in [6, 6.07) is 18.0. The molecule has 0 saturated heterocycles. The van der Waals surface area contributed by atoms with Crippen LogP contribution in [-0.4, -0.2) is 60.7 Å². The number of ether oxygens (including phenoxy) is 3. The number of sulfonamides is 1. The molecule has 2 aromatic heterocycles. The molecular weight excluding hydrogens is 596 g/mol.